The van der Waals surface area contributed by atoms with Crippen molar-refractivity contribution in [1.82, 2.24) is 4.90 Å². The summed E-state index contributed by atoms with van der Waals surface area (Å²) in [7, 11) is 0. The van der Waals surface area contributed by atoms with Gasteiger partial charge in [-0.2, -0.15) is 10.5 Å². The zero-order chi connectivity index (χ0) is 18.9. The summed E-state index contributed by atoms with van der Waals surface area (Å²) in [6.45, 7) is 0.902. The highest BCUT2D eigenvalue weighted by atomic mass is 16.2. The van der Waals surface area contributed by atoms with Crippen molar-refractivity contribution in [3.05, 3.63) is 35.9 Å². The Morgan fingerprint density at radius 1 is 1.00 bits per heavy atom. The van der Waals surface area contributed by atoms with E-state index in [1.54, 1.807) is 0 Å². The van der Waals surface area contributed by atoms with Gasteiger partial charge in [0.15, 0.2) is 0 Å². The minimum Gasteiger partial charge on any atom is -0.340 e. The summed E-state index contributed by atoms with van der Waals surface area (Å²) in [4.78, 5) is 15.5. The average molecular weight is 361 g/mol. The summed E-state index contributed by atoms with van der Waals surface area (Å²) < 4.78 is 0. The van der Waals surface area contributed by atoms with Gasteiger partial charge in [-0.1, -0.05) is 30.3 Å². The Hall–Kier alpha value is -2.33. The van der Waals surface area contributed by atoms with Crippen molar-refractivity contribution < 1.29 is 4.79 Å². The van der Waals surface area contributed by atoms with Gasteiger partial charge in [0.1, 0.15) is 0 Å². The number of hydrogen-bond acceptors (Lipinski definition) is 3. The summed E-state index contributed by atoms with van der Waals surface area (Å²) >= 11 is 0. The Labute approximate surface area is 161 Å². The molecular formula is C23H27N3O. The van der Waals surface area contributed by atoms with Crippen LogP contribution in [-0.4, -0.2) is 23.9 Å². The molecule has 0 radical (unpaired) electrons. The van der Waals surface area contributed by atoms with E-state index in [1.165, 1.54) is 24.8 Å². The van der Waals surface area contributed by atoms with Gasteiger partial charge in [-0.05, 0) is 61.3 Å². The van der Waals surface area contributed by atoms with Crippen LogP contribution in [0.15, 0.2) is 30.3 Å². The van der Waals surface area contributed by atoms with Crippen molar-refractivity contribution >= 4 is 5.91 Å². The van der Waals surface area contributed by atoms with Gasteiger partial charge in [0, 0.05) is 13.1 Å². The quantitative estimate of drug-likeness (QED) is 0.763. The fourth-order valence-electron chi connectivity index (χ4n) is 6.66. The fourth-order valence-corrected chi connectivity index (χ4v) is 6.66. The highest BCUT2D eigenvalue weighted by Crippen LogP contribution is 2.66. The molecule has 4 atom stereocenters. The molecule has 0 N–H and O–H groups in total. The van der Waals surface area contributed by atoms with Crippen LogP contribution >= 0.6 is 0 Å². The van der Waals surface area contributed by atoms with E-state index in [9.17, 15) is 4.79 Å². The van der Waals surface area contributed by atoms with Crippen LogP contribution in [0.3, 0.4) is 0 Å². The first kappa shape index (κ1) is 18.1. The van der Waals surface area contributed by atoms with Gasteiger partial charge < -0.3 is 4.90 Å². The Balaban J connectivity index is 1.65. The number of rotatable bonds is 6. The second kappa shape index (κ2) is 7.01. The normalized spacial score (nSPS) is 33.3. The smallest absolute Gasteiger partial charge is 0.228 e. The van der Waals surface area contributed by atoms with Gasteiger partial charge >= 0.3 is 0 Å². The predicted octanol–water partition coefficient (Wildman–Crippen LogP) is 4.18. The molecule has 4 saturated carbocycles. The minimum absolute atomic E-state index is 0.136. The maximum Gasteiger partial charge on any atom is 0.228 e. The minimum atomic E-state index is -0.287. The van der Waals surface area contributed by atoms with Crippen LogP contribution in [0.5, 0.6) is 0 Å². The molecule has 4 aliphatic rings. The highest BCUT2D eigenvalue weighted by Gasteiger charge is 2.61. The van der Waals surface area contributed by atoms with Crippen molar-refractivity contribution in [2.24, 2.45) is 17.3 Å². The Morgan fingerprint density at radius 3 is 2.15 bits per heavy atom. The Morgan fingerprint density at radius 2 is 1.59 bits per heavy atom. The van der Waals surface area contributed by atoms with Gasteiger partial charge in [-0.15, -0.1) is 0 Å². The molecule has 4 nitrogen and oxygen atoms in total. The van der Waals surface area contributed by atoms with Gasteiger partial charge in [-0.3, -0.25) is 4.79 Å². The molecule has 140 valence electrons. The summed E-state index contributed by atoms with van der Waals surface area (Å²) in [5.74, 6) is 1.47. The molecule has 1 amide bonds. The number of amides is 1. The molecule has 4 fully saturated rings. The molecule has 1 aromatic carbocycles. The molecule has 4 aliphatic carbocycles. The van der Waals surface area contributed by atoms with E-state index in [1.807, 2.05) is 4.90 Å². The third kappa shape index (κ3) is 3.12. The lowest BCUT2D eigenvalue weighted by Crippen LogP contribution is -2.59. The first-order valence-electron chi connectivity index (χ1n) is 10.2. The first-order valence-corrected chi connectivity index (χ1v) is 10.2. The van der Waals surface area contributed by atoms with E-state index in [0.29, 0.717) is 37.8 Å². The van der Waals surface area contributed by atoms with Gasteiger partial charge in [0.2, 0.25) is 5.91 Å². The second-order valence-electron chi connectivity index (χ2n) is 9.00. The topological polar surface area (TPSA) is 67.9 Å². The zero-order valence-corrected chi connectivity index (χ0v) is 15.9. The average Bonchev–Trinajstić information content (AvgIpc) is 2.67. The third-order valence-corrected chi connectivity index (χ3v) is 7.18. The van der Waals surface area contributed by atoms with Crippen LogP contribution in [-0.2, 0) is 10.2 Å². The molecule has 0 heterocycles. The summed E-state index contributed by atoms with van der Waals surface area (Å²) in [6.07, 6.45) is 7.27. The Bertz CT molecular complexity index is 756. The Kier molecular flexibility index (Phi) is 4.68. The van der Waals surface area contributed by atoms with Crippen molar-refractivity contribution in [1.29, 1.82) is 10.5 Å². The highest BCUT2D eigenvalue weighted by molar-refractivity contribution is 5.83. The number of benzene rings is 1. The summed E-state index contributed by atoms with van der Waals surface area (Å²) in [6, 6.07) is 15.1. The van der Waals surface area contributed by atoms with Crippen molar-refractivity contribution in [3.63, 3.8) is 0 Å². The molecule has 0 aliphatic heterocycles. The van der Waals surface area contributed by atoms with Gasteiger partial charge in [-0.25, -0.2) is 0 Å². The first-order chi connectivity index (χ1) is 13.1. The van der Waals surface area contributed by atoms with E-state index in [0.717, 1.165) is 19.3 Å². The zero-order valence-electron chi connectivity index (χ0n) is 15.9. The SMILES string of the molecule is N#CCCN(CCC#N)C(=O)C12C[C@H]3C[C@@H](C1)CC(c1ccccc1)(C3)C2. The largest absolute Gasteiger partial charge is 0.340 e. The van der Waals surface area contributed by atoms with Gasteiger partial charge in [0.05, 0.1) is 30.4 Å². The molecule has 1 aromatic rings. The van der Waals surface area contributed by atoms with Crippen LogP contribution in [0.2, 0.25) is 0 Å². The molecule has 5 rings (SSSR count). The molecule has 27 heavy (non-hydrogen) atoms. The standard InChI is InChI=1S/C23H27N3O/c24-8-4-10-26(11-5-9-25)21(27)23-15-18-12-19(16-23)14-22(13-18,17-23)20-6-2-1-3-7-20/h1-3,6-7,18-19H,4-5,10-17H2/t18-,19+,22?,23?. The summed E-state index contributed by atoms with van der Waals surface area (Å²) in [5, 5.41) is 18.0. The molecule has 0 spiro atoms. The monoisotopic (exact) mass is 361 g/mol. The molecule has 2 unspecified atom stereocenters. The van der Waals surface area contributed by atoms with Gasteiger partial charge in [0.25, 0.3) is 0 Å². The fraction of sp³-hybridized carbons (Fsp3) is 0.609. The number of carbonyl (C=O) groups excluding carboxylic acids is 1. The number of nitrogens with zero attached hydrogens (tertiary/aromatic N) is 3. The molecule has 4 heteroatoms. The van der Waals surface area contributed by atoms with Crippen LogP contribution in [0, 0.1) is 39.9 Å². The maximum atomic E-state index is 13.7. The van der Waals surface area contributed by atoms with Crippen molar-refractivity contribution in [2.75, 3.05) is 13.1 Å². The van der Waals surface area contributed by atoms with Crippen molar-refractivity contribution in [3.8, 4) is 12.1 Å². The van der Waals surface area contributed by atoms with Crippen LogP contribution in [0.4, 0.5) is 0 Å². The van der Waals surface area contributed by atoms with Crippen LogP contribution in [0.1, 0.15) is 56.9 Å². The van der Waals surface area contributed by atoms with E-state index < -0.39 is 0 Å². The third-order valence-electron chi connectivity index (χ3n) is 7.18. The van der Waals surface area contributed by atoms with Crippen molar-refractivity contribution in [2.45, 2.75) is 56.8 Å². The number of hydrogen-bond donors (Lipinski definition) is 0. The van der Waals surface area contributed by atoms with E-state index in [2.05, 4.69) is 42.5 Å². The summed E-state index contributed by atoms with van der Waals surface area (Å²) in [5.41, 5.74) is 1.25. The number of carbonyl (C=O) groups is 1. The molecule has 0 aromatic heterocycles. The lowest BCUT2D eigenvalue weighted by atomic mass is 9.42. The molecular weight excluding hydrogens is 334 g/mol. The maximum absolute atomic E-state index is 13.7. The van der Waals surface area contributed by atoms with Crippen LogP contribution in [0.25, 0.3) is 0 Å². The molecule has 0 saturated heterocycles. The number of nitriles is 2. The van der Waals surface area contributed by atoms with E-state index in [4.69, 9.17) is 10.5 Å². The van der Waals surface area contributed by atoms with E-state index >= 15 is 0 Å². The van der Waals surface area contributed by atoms with Crippen LogP contribution < -0.4 is 0 Å². The lowest BCUT2D eigenvalue weighted by Gasteiger charge is -2.62. The predicted molar refractivity (Wildman–Crippen MR) is 102 cm³/mol. The second-order valence-corrected chi connectivity index (χ2v) is 9.00. The molecule has 4 bridgehead atoms. The lowest BCUT2D eigenvalue weighted by molar-refractivity contribution is -0.160. The van der Waals surface area contributed by atoms with E-state index in [-0.39, 0.29) is 16.7 Å².